The van der Waals surface area contributed by atoms with E-state index in [0.717, 1.165) is 6.26 Å². The Morgan fingerprint density at radius 3 is 2.64 bits per heavy atom. The summed E-state index contributed by atoms with van der Waals surface area (Å²) in [6.07, 6.45) is 0.448. The summed E-state index contributed by atoms with van der Waals surface area (Å²) in [5, 5.41) is 0. The summed E-state index contributed by atoms with van der Waals surface area (Å²) >= 11 is 3.19. The second-order valence-electron chi connectivity index (χ2n) is 2.83. The fraction of sp³-hybridized carbons (Fsp3) is 0.375. The van der Waals surface area contributed by atoms with Gasteiger partial charge in [-0.25, -0.2) is 4.98 Å². The molecule has 0 saturated carbocycles. The topological polar surface area (TPSA) is 56.3 Å². The molecule has 14 heavy (non-hydrogen) atoms. The lowest BCUT2D eigenvalue weighted by Crippen LogP contribution is -2.08. The van der Waals surface area contributed by atoms with E-state index < -0.39 is 16.2 Å². The number of hydrogen-bond donors (Lipinski definition) is 0. The molecule has 0 aliphatic carbocycles. The molecule has 0 radical (unpaired) electrons. The van der Waals surface area contributed by atoms with Gasteiger partial charge in [-0.1, -0.05) is 6.07 Å². The van der Waals surface area contributed by atoms with Gasteiger partial charge in [0.05, 0.1) is 11.9 Å². The molecule has 0 aromatic carbocycles. The fourth-order valence-electron chi connectivity index (χ4n) is 0.962. The first-order valence-electron chi connectivity index (χ1n) is 3.89. The maximum atomic E-state index is 10.8. The van der Waals surface area contributed by atoms with E-state index in [9.17, 15) is 8.42 Å². The van der Waals surface area contributed by atoms with Gasteiger partial charge in [-0.3, -0.25) is 4.18 Å². The Hall–Kier alpha value is -0.460. The highest BCUT2D eigenvalue weighted by molar-refractivity contribution is 9.10. The highest BCUT2D eigenvalue weighted by atomic mass is 79.9. The first kappa shape index (κ1) is 11.6. The van der Waals surface area contributed by atoms with Crippen molar-refractivity contribution in [1.29, 1.82) is 0 Å². The minimum Gasteiger partial charge on any atom is -0.261 e. The van der Waals surface area contributed by atoms with E-state index in [0.29, 0.717) is 10.3 Å². The maximum absolute atomic E-state index is 10.8. The Kier molecular flexibility index (Phi) is 3.63. The van der Waals surface area contributed by atoms with Crippen molar-refractivity contribution in [2.24, 2.45) is 0 Å². The molecule has 0 amide bonds. The van der Waals surface area contributed by atoms with E-state index in [2.05, 4.69) is 20.9 Å². The van der Waals surface area contributed by atoms with Gasteiger partial charge in [0.1, 0.15) is 10.7 Å². The number of nitrogens with zero attached hydrogens (tertiary/aromatic N) is 1. The number of aromatic nitrogens is 1. The summed E-state index contributed by atoms with van der Waals surface area (Å²) in [4.78, 5) is 4.08. The zero-order chi connectivity index (χ0) is 10.8. The van der Waals surface area contributed by atoms with Crippen molar-refractivity contribution in [3.05, 3.63) is 28.5 Å². The largest absolute Gasteiger partial charge is 0.265 e. The highest BCUT2D eigenvalue weighted by Crippen LogP contribution is 2.18. The smallest absolute Gasteiger partial charge is 0.261 e. The molecule has 1 rings (SSSR count). The zero-order valence-corrected chi connectivity index (χ0v) is 10.2. The Bertz CT molecular complexity index is 418. The van der Waals surface area contributed by atoms with Gasteiger partial charge < -0.3 is 0 Å². The van der Waals surface area contributed by atoms with E-state index in [1.165, 1.54) is 0 Å². The van der Waals surface area contributed by atoms with Crippen LogP contribution in [0.25, 0.3) is 0 Å². The number of pyridine rings is 1. The van der Waals surface area contributed by atoms with Crippen LogP contribution in [0.15, 0.2) is 22.8 Å². The third-order valence-corrected chi connectivity index (χ3v) is 2.55. The van der Waals surface area contributed by atoms with Gasteiger partial charge >= 0.3 is 0 Å². The number of halogens is 1. The Labute approximate surface area is 91.6 Å². The van der Waals surface area contributed by atoms with E-state index >= 15 is 0 Å². The minimum atomic E-state index is -3.44. The van der Waals surface area contributed by atoms with E-state index in [1.54, 1.807) is 25.1 Å². The van der Waals surface area contributed by atoms with Crippen molar-refractivity contribution < 1.29 is 12.6 Å². The van der Waals surface area contributed by atoms with Crippen molar-refractivity contribution in [3.8, 4) is 0 Å². The minimum absolute atomic E-state index is 0.567. The van der Waals surface area contributed by atoms with Crippen LogP contribution in [0.4, 0.5) is 0 Å². The highest BCUT2D eigenvalue weighted by Gasteiger charge is 2.13. The summed E-state index contributed by atoms with van der Waals surface area (Å²) in [5.41, 5.74) is 0.574. The quantitative estimate of drug-likeness (QED) is 0.626. The van der Waals surface area contributed by atoms with Crippen LogP contribution in [0.5, 0.6) is 0 Å². The molecule has 0 fully saturated rings. The average Bonchev–Trinajstić information content (AvgIpc) is 2.01. The van der Waals surface area contributed by atoms with Crippen LogP contribution in [0, 0.1) is 0 Å². The summed E-state index contributed by atoms with van der Waals surface area (Å²) in [5.74, 6) is 0. The summed E-state index contributed by atoms with van der Waals surface area (Å²) in [7, 11) is -3.44. The Balaban J connectivity index is 2.85. The molecule has 78 valence electrons. The van der Waals surface area contributed by atoms with Gasteiger partial charge in [0.15, 0.2) is 0 Å². The van der Waals surface area contributed by atoms with Crippen LogP contribution in [-0.2, 0) is 14.3 Å². The SMILES string of the molecule is C[C@H](OS(C)(=O)=O)c1cccc(Br)n1. The third kappa shape index (κ3) is 3.73. The van der Waals surface area contributed by atoms with Crippen molar-refractivity contribution in [2.75, 3.05) is 6.26 Å². The van der Waals surface area contributed by atoms with Gasteiger partial charge in [0.25, 0.3) is 10.1 Å². The molecule has 1 aromatic rings. The molecule has 0 aliphatic heterocycles. The summed E-state index contributed by atoms with van der Waals surface area (Å²) in [6, 6.07) is 5.24. The lowest BCUT2D eigenvalue weighted by molar-refractivity contribution is 0.231. The second kappa shape index (κ2) is 4.37. The van der Waals surface area contributed by atoms with Crippen LogP contribution >= 0.6 is 15.9 Å². The normalized spacial score (nSPS) is 13.9. The predicted molar refractivity (Wildman–Crippen MR) is 56.3 cm³/mol. The van der Waals surface area contributed by atoms with Gasteiger partial charge in [-0.15, -0.1) is 0 Å². The van der Waals surface area contributed by atoms with E-state index in [4.69, 9.17) is 4.18 Å². The average molecular weight is 280 g/mol. The fourth-order valence-corrected chi connectivity index (χ4v) is 1.94. The van der Waals surface area contributed by atoms with Crippen molar-refractivity contribution in [1.82, 2.24) is 4.98 Å². The number of hydrogen-bond acceptors (Lipinski definition) is 4. The molecule has 6 heteroatoms. The molecule has 1 atom stereocenters. The molecule has 0 saturated heterocycles. The monoisotopic (exact) mass is 279 g/mol. The van der Waals surface area contributed by atoms with Crippen molar-refractivity contribution in [2.45, 2.75) is 13.0 Å². The lowest BCUT2D eigenvalue weighted by atomic mass is 10.2. The molecule has 0 bridgehead atoms. The van der Waals surface area contributed by atoms with Crippen molar-refractivity contribution in [3.63, 3.8) is 0 Å². The van der Waals surface area contributed by atoms with Crippen LogP contribution < -0.4 is 0 Å². The zero-order valence-electron chi connectivity index (χ0n) is 7.77. The predicted octanol–water partition coefficient (Wildman–Crippen LogP) is 1.88. The third-order valence-electron chi connectivity index (χ3n) is 1.47. The first-order chi connectivity index (χ1) is 6.38. The molecule has 0 aliphatic rings. The van der Waals surface area contributed by atoms with Gasteiger partial charge in [0.2, 0.25) is 0 Å². The second-order valence-corrected chi connectivity index (χ2v) is 5.24. The Morgan fingerprint density at radius 2 is 2.14 bits per heavy atom. The molecule has 0 spiro atoms. The lowest BCUT2D eigenvalue weighted by Gasteiger charge is -2.10. The molecule has 0 N–H and O–H groups in total. The van der Waals surface area contributed by atoms with E-state index in [-0.39, 0.29) is 0 Å². The first-order valence-corrected chi connectivity index (χ1v) is 6.50. The number of rotatable bonds is 3. The molecule has 1 aromatic heterocycles. The van der Waals surface area contributed by atoms with Crippen LogP contribution in [0.1, 0.15) is 18.7 Å². The van der Waals surface area contributed by atoms with E-state index in [1.807, 2.05) is 0 Å². The molecule has 1 heterocycles. The van der Waals surface area contributed by atoms with Crippen molar-refractivity contribution >= 4 is 26.0 Å². The summed E-state index contributed by atoms with van der Waals surface area (Å²) in [6.45, 7) is 1.63. The van der Waals surface area contributed by atoms with Gasteiger partial charge in [-0.05, 0) is 35.0 Å². The van der Waals surface area contributed by atoms with Gasteiger partial charge in [-0.2, -0.15) is 8.42 Å². The molecule has 0 unspecified atom stereocenters. The Morgan fingerprint density at radius 1 is 1.50 bits per heavy atom. The molecular formula is C8H10BrNO3S. The maximum Gasteiger partial charge on any atom is 0.265 e. The van der Waals surface area contributed by atoms with Crippen LogP contribution in [0.2, 0.25) is 0 Å². The molecular weight excluding hydrogens is 270 g/mol. The standard InChI is InChI=1S/C8H10BrNO3S/c1-6(13-14(2,11)12)7-4-3-5-8(9)10-7/h3-6H,1-2H3/t6-/m0/s1. The van der Waals surface area contributed by atoms with Crippen LogP contribution in [-0.4, -0.2) is 19.7 Å². The van der Waals surface area contributed by atoms with Gasteiger partial charge in [0, 0.05) is 0 Å². The van der Waals surface area contributed by atoms with Crippen LogP contribution in [0.3, 0.4) is 0 Å². The molecule has 4 nitrogen and oxygen atoms in total. The summed E-state index contributed by atoms with van der Waals surface area (Å²) < 4.78 is 27.1.